The molecule has 1 saturated heterocycles. The van der Waals surface area contributed by atoms with Crippen LogP contribution in [0.3, 0.4) is 0 Å². The standard InChI is InChI=1S/C18H28N4O4/c1-4-26-18(23)22-10-8-14(9-11-22)21-17(19)20-12-13-6-5-7-15(24-2)16(13)25-3/h5-7,14H,4,8-12H2,1-3H3,(H3,19,20,21). The number of carbonyl (C=O) groups excluding carboxylic acids is 1. The fourth-order valence-electron chi connectivity index (χ4n) is 2.92. The van der Waals surface area contributed by atoms with Gasteiger partial charge in [0.2, 0.25) is 0 Å². The Bertz CT molecular complexity index is 628. The zero-order chi connectivity index (χ0) is 18.9. The Kier molecular flexibility index (Phi) is 7.37. The van der Waals surface area contributed by atoms with E-state index in [0.29, 0.717) is 43.7 Å². The van der Waals surface area contributed by atoms with Gasteiger partial charge in [0.1, 0.15) is 0 Å². The highest BCUT2D eigenvalue weighted by atomic mass is 16.6. The first kappa shape index (κ1) is 19.7. The minimum atomic E-state index is -0.252. The van der Waals surface area contributed by atoms with E-state index >= 15 is 0 Å². The van der Waals surface area contributed by atoms with Crippen LogP contribution in [0, 0.1) is 0 Å². The Labute approximate surface area is 154 Å². The van der Waals surface area contributed by atoms with Crippen LogP contribution in [-0.2, 0) is 11.3 Å². The number of piperidine rings is 1. The molecule has 144 valence electrons. The molecule has 8 heteroatoms. The Morgan fingerprint density at radius 1 is 1.31 bits per heavy atom. The third kappa shape index (κ3) is 5.18. The number of aliphatic imine (C=N–C) groups is 1. The smallest absolute Gasteiger partial charge is 0.409 e. The number of guanidine groups is 1. The summed E-state index contributed by atoms with van der Waals surface area (Å²) in [6.07, 6.45) is 1.35. The number of carbonyl (C=O) groups is 1. The second-order valence-electron chi connectivity index (χ2n) is 5.96. The van der Waals surface area contributed by atoms with Crippen LogP contribution in [0.1, 0.15) is 25.3 Å². The molecule has 2 rings (SSSR count). The number of amides is 1. The molecule has 1 aliphatic heterocycles. The number of benzene rings is 1. The summed E-state index contributed by atoms with van der Waals surface area (Å²) in [5, 5.41) is 3.22. The fourth-order valence-corrected chi connectivity index (χ4v) is 2.92. The van der Waals surface area contributed by atoms with Crippen molar-refractivity contribution >= 4 is 12.1 Å². The van der Waals surface area contributed by atoms with Crippen molar-refractivity contribution in [3.63, 3.8) is 0 Å². The van der Waals surface area contributed by atoms with Gasteiger partial charge >= 0.3 is 6.09 Å². The second kappa shape index (κ2) is 9.74. The molecule has 0 spiro atoms. The summed E-state index contributed by atoms with van der Waals surface area (Å²) in [5.74, 6) is 1.71. The molecule has 0 aromatic heterocycles. The lowest BCUT2D eigenvalue weighted by atomic mass is 10.1. The highest BCUT2D eigenvalue weighted by Gasteiger charge is 2.23. The Morgan fingerprint density at radius 2 is 2.04 bits per heavy atom. The van der Waals surface area contributed by atoms with Crippen molar-refractivity contribution in [2.45, 2.75) is 32.4 Å². The summed E-state index contributed by atoms with van der Waals surface area (Å²) in [6, 6.07) is 5.85. The van der Waals surface area contributed by atoms with E-state index in [0.717, 1.165) is 18.4 Å². The molecule has 0 aliphatic carbocycles. The maximum Gasteiger partial charge on any atom is 0.409 e. The number of hydrogen-bond donors (Lipinski definition) is 2. The van der Waals surface area contributed by atoms with E-state index in [1.165, 1.54) is 0 Å². The number of nitrogens with zero attached hydrogens (tertiary/aromatic N) is 2. The number of methoxy groups -OCH3 is 2. The Balaban J connectivity index is 1.87. The van der Waals surface area contributed by atoms with Gasteiger partial charge < -0.3 is 30.2 Å². The normalized spacial score (nSPS) is 15.5. The average Bonchev–Trinajstić information content (AvgIpc) is 2.66. The number of nitrogens with one attached hydrogen (secondary N) is 1. The van der Waals surface area contributed by atoms with Gasteiger partial charge in [-0.2, -0.15) is 0 Å². The Morgan fingerprint density at radius 3 is 2.65 bits per heavy atom. The van der Waals surface area contributed by atoms with Crippen LogP contribution in [0.25, 0.3) is 0 Å². The van der Waals surface area contributed by atoms with Crippen molar-refractivity contribution in [2.24, 2.45) is 10.7 Å². The molecule has 0 saturated carbocycles. The molecule has 3 N–H and O–H groups in total. The van der Waals surface area contributed by atoms with Gasteiger partial charge in [0, 0.05) is 24.7 Å². The van der Waals surface area contributed by atoms with E-state index in [1.54, 1.807) is 26.0 Å². The lowest BCUT2D eigenvalue weighted by Crippen LogP contribution is -2.48. The number of ether oxygens (including phenoxy) is 3. The largest absolute Gasteiger partial charge is 0.493 e. The van der Waals surface area contributed by atoms with Crippen molar-refractivity contribution in [1.82, 2.24) is 10.2 Å². The van der Waals surface area contributed by atoms with Crippen LogP contribution in [0.4, 0.5) is 4.79 Å². The third-order valence-electron chi connectivity index (χ3n) is 4.28. The first-order valence-electron chi connectivity index (χ1n) is 8.77. The van der Waals surface area contributed by atoms with Gasteiger partial charge in [0.05, 0.1) is 27.4 Å². The molecule has 8 nitrogen and oxygen atoms in total. The number of para-hydroxylation sites is 1. The quantitative estimate of drug-likeness (QED) is 0.589. The molecule has 1 amide bonds. The summed E-state index contributed by atoms with van der Waals surface area (Å²) in [5.41, 5.74) is 6.92. The number of likely N-dealkylation sites (tertiary alicyclic amines) is 1. The molecule has 0 bridgehead atoms. The zero-order valence-electron chi connectivity index (χ0n) is 15.7. The van der Waals surface area contributed by atoms with E-state index in [4.69, 9.17) is 19.9 Å². The van der Waals surface area contributed by atoms with Crippen LogP contribution in [0.2, 0.25) is 0 Å². The monoisotopic (exact) mass is 364 g/mol. The summed E-state index contributed by atoms with van der Waals surface area (Å²) in [7, 11) is 3.20. The zero-order valence-corrected chi connectivity index (χ0v) is 15.7. The van der Waals surface area contributed by atoms with Gasteiger partial charge in [0.15, 0.2) is 17.5 Å². The van der Waals surface area contributed by atoms with Gasteiger partial charge in [-0.05, 0) is 25.8 Å². The van der Waals surface area contributed by atoms with E-state index in [1.807, 2.05) is 18.2 Å². The second-order valence-corrected chi connectivity index (χ2v) is 5.96. The molecule has 1 aromatic rings. The predicted octanol–water partition coefficient (Wildman–Crippen LogP) is 1.73. The minimum absolute atomic E-state index is 0.191. The fraction of sp³-hybridized carbons (Fsp3) is 0.556. The molecule has 1 heterocycles. The summed E-state index contributed by atoms with van der Waals surface area (Å²) in [6.45, 7) is 3.88. The summed E-state index contributed by atoms with van der Waals surface area (Å²) < 4.78 is 15.7. The Hall–Kier alpha value is -2.64. The molecule has 1 aliphatic rings. The van der Waals surface area contributed by atoms with Crippen LogP contribution in [-0.4, -0.2) is 56.9 Å². The first-order valence-corrected chi connectivity index (χ1v) is 8.77. The molecule has 0 atom stereocenters. The van der Waals surface area contributed by atoms with Crippen LogP contribution < -0.4 is 20.5 Å². The van der Waals surface area contributed by atoms with Crippen molar-refractivity contribution < 1.29 is 19.0 Å². The number of nitrogens with two attached hydrogens (primary N) is 1. The van der Waals surface area contributed by atoms with Crippen molar-refractivity contribution in [3.05, 3.63) is 23.8 Å². The lowest BCUT2D eigenvalue weighted by molar-refractivity contribution is 0.0963. The topological polar surface area (TPSA) is 98.4 Å². The number of rotatable bonds is 6. The molecule has 0 radical (unpaired) electrons. The van der Waals surface area contributed by atoms with Gasteiger partial charge in [-0.15, -0.1) is 0 Å². The molecular weight excluding hydrogens is 336 g/mol. The van der Waals surface area contributed by atoms with Crippen molar-refractivity contribution in [1.29, 1.82) is 0 Å². The first-order chi connectivity index (χ1) is 12.6. The van der Waals surface area contributed by atoms with Crippen LogP contribution >= 0.6 is 0 Å². The molecule has 0 unspecified atom stereocenters. The van der Waals surface area contributed by atoms with Crippen LogP contribution in [0.5, 0.6) is 11.5 Å². The highest BCUT2D eigenvalue weighted by molar-refractivity contribution is 5.78. The van der Waals surface area contributed by atoms with E-state index in [2.05, 4.69) is 10.3 Å². The molecule has 1 fully saturated rings. The number of hydrogen-bond acceptors (Lipinski definition) is 5. The van der Waals surface area contributed by atoms with E-state index < -0.39 is 0 Å². The molecule has 1 aromatic carbocycles. The van der Waals surface area contributed by atoms with E-state index in [9.17, 15) is 4.79 Å². The summed E-state index contributed by atoms with van der Waals surface area (Å²) in [4.78, 5) is 17.8. The van der Waals surface area contributed by atoms with Gasteiger partial charge in [-0.1, -0.05) is 12.1 Å². The maximum atomic E-state index is 11.7. The third-order valence-corrected chi connectivity index (χ3v) is 4.28. The average molecular weight is 364 g/mol. The van der Waals surface area contributed by atoms with Crippen LogP contribution in [0.15, 0.2) is 23.2 Å². The summed E-state index contributed by atoms with van der Waals surface area (Å²) >= 11 is 0. The van der Waals surface area contributed by atoms with Gasteiger partial charge in [-0.25, -0.2) is 9.79 Å². The van der Waals surface area contributed by atoms with E-state index in [-0.39, 0.29) is 12.1 Å². The maximum absolute atomic E-state index is 11.7. The van der Waals surface area contributed by atoms with Crippen molar-refractivity contribution in [3.8, 4) is 11.5 Å². The minimum Gasteiger partial charge on any atom is -0.493 e. The highest BCUT2D eigenvalue weighted by Crippen LogP contribution is 2.31. The van der Waals surface area contributed by atoms with Gasteiger partial charge in [0.25, 0.3) is 0 Å². The SMILES string of the molecule is CCOC(=O)N1CCC(NC(N)=NCc2cccc(OC)c2OC)CC1. The van der Waals surface area contributed by atoms with Crippen molar-refractivity contribution in [2.75, 3.05) is 33.9 Å². The molecule has 26 heavy (non-hydrogen) atoms. The molecular formula is C18H28N4O4. The predicted molar refractivity (Wildman–Crippen MR) is 99.6 cm³/mol. The lowest BCUT2D eigenvalue weighted by Gasteiger charge is -2.31. The van der Waals surface area contributed by atoms with Gasteiger partial charge in [-0.3, -0.25) is 0 Å².